The molecule has 1 aromatic carbocycles. The minimum atomic E-state index is -1.09. The summed E-state index contributed by atoms with van der Waals surface area (Å²) in [5.74, 6) is 0. The molecule has 0 fully saturated rings. The molecule has 0 spiro atoms. The molecular weight excluding hydrogens is 198 g/mol. The topological polar surface area (TPSA) is 3.24 Å². The number of rotatable bonds is 1. The Morgan fingerprint density at radius 1 is 1.20 bits per heavy atom. The molecule has 0 saturated carbocycles. The molecule has 2 rings (SSSR count). The zero-order valence-corrected chi connectivity index (χ0v) is 11.2. The van der Waals surface area contributed by atoms with Crippen LogP contribution in [0.15, 0.2) is 24.3 Å². The van der Waals surface area contributed by atoms with Crippen molar-refractivity contribution < 1.29 is 0 Å². The average molecular weight is 219 g/mol. The molecule has 0 radical (unpaired) electrons. The zero-order valence-electron chi connectivity index (χ0n) is 10.2. The van der Waals surface area contributed by atoms with Gasteiger partial charge in [0.25, 0.3) is 0 Å². The van der Waals surface area contributed by atoms with E-state index in [1.807, 2.05) is 0 Å². The lowest BCUT2D eigenvalue weighted by Gasteiger charge is -2.38. The molecule has 15 heavy (non-hydrogen) atoms. The van der Waals surface area contributed by atoms with Crippen molar-refractivity contribution in [2.24, 2.45) is 0 Å². The van der Waals surface area contributed by atoms with Crippen LogP contribution in [0.2, 0.25) is 19.6 Å². The maximum absolute atomic E-state index is 2.48. The Kier molecular flexibility index (Phi) is 2.73. The normalized spacial score (nSPS) is 22.5. The first-order chi connectivity index (χ1) is 6.98. The Hall–Kier alpha value is -0.603. The van der Waals surface area contributed by atoms with Gasteiger partial charge in [-0.25, -0.2) is 0 Å². The second-order valence-electron chi connectivity index (χ2n) is 5.81. The summed E-state index contributed by atoms with van der Waals surface area (Å²) in [7, 11) is 1.15. The van der Waals surface area contributed by atoms with E-state index < -0.39 is 8.07 Å². The van der Waals surface area contributed by atoms with E-state index in [0.717, 1.165) is 12.1 Å². The quantitative estimate of drug-likeness (QED) is 0.656. The second-order valence-corrected chi connectivity index (χ2v) is 11.2. The molecule has 0 aromatic heterocycles. The van der Waals surface area contributed by atoms with Crippen molar-refractivity contribution in [2.45, 2.75) is 31.7 Å². The lowest BCUT2D eigenvalue weighted by Crippen LogP contribution is -2.42. The predicted octanol–water partition coefficient (Wildman–Crippen LogP) is 3.09. The van der Waals surface area contributed by atoms with Gasteiger partial charge in [-0.1, -0.05) is 43.9 Å². The Morgan fingerprint density at radius 3 is 2.53 bits per heavy atom. The van der Waals surface area contributed by atoms with Gasteiger partial charge in [-0.2, -0.15) is 0 Å². The lowest BCUT2D eigenvalue weighted by molar-refractivity contribution is 0.304. The standard InChI is InChI=1S/C13H21NSi/c1-14-9-11-7-5-6-8-12(11)13(10-14)15(2,3)4/h5-8,13H,9-10H2,1-4H3/t13-/m0/s1. The van der Waals surface area contributed by atoms with E-state index >= 15 is 0 Å². The fourth-order valence-corrected chi connectivity index (χ4v) is 4.60. The predicted molar refractivity (Wildman–Crippen MR) is 68.9 cm³/mol. The van der Waals surface area contributed by atoms with E-state index in [1.54, 1.807) is 11.1 Å². The highest BCUT2D eigenvalue weighted by Crippen LogP contribution is 2.34. The molecule has 0 N–H and O–H groups in total. The molecule has 2 heteroatoms. The summed E-state index contributed by atoms with van der Waals surface area (Å²) in [4.78, 5) is 2.46. The number of fused-ring (bicyclic) bond motifs is 1. The van der Waals surface area contributed by atoms with E-state index in [1.165, 1.54) is 6.54 Å². The molecule has 1 aliphatic heterocycles. The van der Waals surface area contributed by atoms with Gasteiger partial charge in [-0.05, 0) is 23.7 Å². The third-order valence-electron chi connectivity index (χ3n) is 3.41. The molecule has 1 aliphatic rings. The summed E-state index contributed by atoms with van der Waals surface area (Å²) in [5.41, 5.74) is 3.96. The second kappa shape index (κ2) is 3.76. The van der Waals surface area contributed by atoms with Crippen LogP contribution in [-0.2, 0) is 6.54 Å². The molecular formula is C13H21NSi. The van der Waals surface area contributed by atoms with Crippen molar-refractivity contribution in [1.82, 2.24) is 4.90 Å². The molecule has 0 amide bonds. The maximum Gasteiger partial charge on any atom is 0.0538 e. The number of likely N-dealkylation sites (N-methyl/N-ethyl adjacent to an activating group) is 1. The van der Waals surface area contributed by atoms with Gasteiger partial charge < -0.3 is 4.90 Å². The van der Waals surface area contributed by atoms with Crippen molar-refractivity contribution in [3.05, 3.63) is 35.4 Å². The molecule has 1 atom stereocenters. The van der Waals surface area contributed by atoms with Crippen LogP contribution in [0, 0.1) is 0 Å². The summed E-state index contributed by atoms with van der Waals surface area (Å²) in [6.45, 7) is 9.80. The van der Waals surface area contributed by atoms with Gasteiger partial charge in [0, 0.05) is 13.1 Å². The minimum absolute atomic E-state index is 0.799. The van der Waals surface area contributed by atoms with Gasteiger partial charge >= 0.3 is 0 Å². The number of hydrogen-bond acceptors (Lipinski definition) is 1. The van der Waals surface area contributed by atoms with Crippen molar-refractivity contribution in [3.63, 3.8) is 0 Å². The van der Waals surface area contributed by atoms with Crippen LogP contribution in [0.1, 0.15) is 16.7 Å². The average Bonchev–Trinajstić information content (AvgIpc) is 2.15. The summed E-state index contributed by atoms with van der Waals surface area (Å²) in [6, 6.07) is 8.99. The third-order valence-corrected chi connectivity index (χ3v) is 5.99. The van der Waals surface area contributed by atoms with Crippen molar-refractivity contribution in [1.29, 1.82) is 0 Å². The SMILES string of the molecule is CN1Cc2ccccc2[C@@H]([Si](C)(C)C)C1. The molecule has 0 bridgehead atoms. The largest absolute Gasteiger partial charge is 0.302 e. The molecule has 1 aromatic rings. The van der Waals surface area contributed by atoms with Crippen molar-refractivity contribution >= 4 is 8.07 Å². The Morgan fingerprint density at radius 2 is 1.87 bits per heavy atom. The van der Waals surface area contributed by atoms with E-state index in [9.17, 15) is 0 Å². The summed E-state index contributed by atoms with van der Waals surface area (Å²) < 4.78 is 0. The van der Waals surface area contributed by atoms with Crippen molar-refractivity contribution in [3.8, 4) is 0 Å². The van der Waals surface area contributed by atoms with E-state index in [-0.39, 0.29) is 0 Å². The van der Waals surface area contributed by atoms with Crippen LogP contribution < -0.4 is 0 Å². The number of nitrogens with zero attached hydrogens (tertiary/aromatic N) is 1. The van der Waals surface area contributed by atoms with E-state index in [2.05, 4.69) is 55.9 Å². The fourth-order valence-electron chi connectivity index (χ4n) is 2.52. The summed E-state index contributed by atoms with van der Waals surface area (Å²) >= 11 is 0. The zero-order chi connectivity index (χ0) is 11.1. The summed E-state index contributed by atoms with van der Waals surface area (Å²) in [5, 5.41) is 0. The smallest absolute Gasteiger partial charge is 0.0538 e. The van der Waals surface area contributed by atoms with Crippen LogP contribution in [0.5, 0.6) is 0 Å². The first-order valence-corrected chi connectivity index (χ1v) is 9.32. The minimum Gasteiger partial charge on any atom is -0.302 e. The Bertz CT molecular complexity index is 354. The van der Waals surface area contributed by atoms with E-state index in [4.69, 9.17) is 0 Å². The van der Waals surface area contributed by atoms with Crippen LogP contribution >= 0.6 is 0 Å². The molecule has 82 valence electrons. The third kappa shape index (κ3) is 2.16. The molecule has 1 heterocycles. The van der Waals surface area contributed by atoms with Crippen LogP contribution in [0.25, 0.3) is 0 Å². The Balaban J connectivity index is 2.43. The lowest BCUT2D eigenvalue weighted by atomic mass is 10.00. The molecule has 0 saturated heterocycles. The molecule has 0 unspecified atom stereocenters. The summed E-state index contributed by atoms with van der Waals surface area (Å²) in [6.07, 6.45) is 0. The fraction of sp³-hybridized carbons (Fsp3) is 0.538. The van der Waals surface area contributed by atoms with Gasteiger partial charge in [0.1, 0.15) is 0 Å². The van der Waals surface area contributed by atoms with Crippen LogP contribution in [0.4, 0.5) is 0 Å². The molecule has 0 aliphatic carbocycles. The first-order valence-electron chi connectivity index (χ1n) is 5.75. The highest BCUT2D eigenvalue weighted by Gasteiger charge is 2.33. The monoisotopic (exact) mass is 219 g/mol. The van der Waals surface area contributed by atoms with Gasteiger partial charge in [-0.3, -0.25) is 0 Å². The van der Waals surface area contributed by atoms with Gasteiger partial charge in [0.15, 0.2) is 0 Å². The Labute approximate surface area is 94.1 Å². The van der Waals surface area contributed by atoms with Crippen molar-refractivity contribution in [2.75, 3.05) is 13.6 Å². The number of hydrogen-bond donors (Lipinski definition) is 0. The molecule has 1 nitrogen and oxygen atoms in total. The van der Waals surface area contributed by atoms with Crippen LogP contribution in [-0.4, -0.2) is 26.6 Å². The van der Waals surface area contributed by atoms with Gasteiger partial charge in [0.2, 0.25) is 0 Å². The maximum atomic E-state index is 2.48. The first kappa shape index (κ1) is 10.9. The number of benzene rings is 1. The van der Waals surface area contributed by atoms with E-state index in [0.29, 0.717) is 0 Å². The highest BCUT2D eigenvalue weighted by atomic mass is 28.3. The van der Waals surface area contributed by atoms with Gasteiger partial charge in [0.05, 0.1) is 8.07 Å². The van der Waals surface area contributed by atoms with Gasteiger partial charge in [-0.15, -0.1) is 0 Å². The highest BCUT2D eigenvalue weighted by molar-refractivity contribution is 6.77. The van der Waals surface area contributed by atoms with Crippen LogP contribution in [0.3, 0.4) is 0 Å².